The Morgan fingerprint density at radius 3 is 2.50 bits per heavy atom. The maximum absolute atomic E-state index is 3.68. The van der Waals surface area contributed by atoms with Gasteiger partial charge in [-0.2, -0.15) is 0 Å². The summed E-state index contributed by atoms with van der Waals surface area (Å²) < 4.78 is 2.15. The molecule has 10 heavy (non-hydrogen) atoms. The van der Waals surface area contributed by atoms with Crippen molar-refractivity contribution in [1.82, 2.24) is 0 Å². The van der Waals surface area contributed by atoms with E-state index < -0.39 is 0 Å². The van der Waals surface area contributed by atoms with Gasteiger partial charge >= 0.3 is 0 Å². The predicted octanol–water partition coefficient (Wildman–Crippen LogP) is 3.85. The number of hydrogen-bond donors (Lipinski definition) is 0. The van der Waals surface area contributed by atoms with Crippen LogP contribution in [0.5, 0.6) is 0 Å². The molecule has 0 bridgehead atoms. The minimum Gasteiger partial charge on any atom is -0.0984 e. The Morgan fingerprint density at radius 2 is 2.00 bits per heavy atom. The van der Waals surface area contributed by atoms with Crippen LogP contribution < -0.4 is 0 Å². The molecule has 0 atom stereocenters. The third-order valence-corrected chi connectivity index (χ3v) is 2.39. The van der Waals surface area contributed by atoms with Crippen LogP contribution >= 0.6 is 31.9 Å². The molecule has 0 aliphatic heterocycles. The summed E-state index contributed by atoms with van der Waals surface area (Å²) in [6.07, 6.45) is 1.81. The maximum Gasteiger partial charge on any atom is 0.0248 e. The molecule has 0 unspecified atom stereocenters. The topological polar surface area (TPSA) is 0 Å². The molecule has 1 aromatic rings. The van der Waals surface area contributed by atoms with Gasteiger partial charge in [-0.1, -0.05) is 44.5 Å². The van der Waals surface area contributed by atoms with Gasteiger partial charge in [0, 0.05) is 8.95 Å². The minimum atomic E-state index is 1.07. The summed E-state index contributed by atoms with van der Waals surface area (Å²) in [5.41, 5.74) is 1.11. The van der Waals surface area contributed by atoms with E-state index in [2.05, 4.69) is 38.4 Å². The summed E-state index contributed by atoms with van der Waals surface area (Å²) in [4.78, 5) is 0. The molecule has 0 saturated heterocycles. The molecule has 0 aliphatic rings. The fourth-order valence-electron chi connectivity index (χ4n) is 0.671. The van der Waals surface area contributed by atoms with Crippen molar-refractivity contribution in [3.8, 4) is 0 Å². The van der Waals surface area contributed by atoms with Crippen LogP contribution in [0.25, 0.3) is 6.08 Å². The van der Waals surface area contributed by atoms with Gasteiger partial charge in [-0.25, -0.2) is 0 Å². The zero-order chi connectivity index (χ0) is 7.56. The molecule has 0 aromatic heterocycles. The Hall–Kier alpha value is -0.0800. The Labute approximate surface area is 77.2 Å². The van der Waals surface area contributed by atoms with Crippen LogP contribution in [-0.2, 0) is 0 Å². The van der Waals surface area contributed by atoms with Crippen molar-refractivity contribution in [3.05, 3.63) is 39.3 Å². The normalized spacial score (nSPS) is 9.40. The monoisotopic (exact) mass is 260 g/mol. The van der Waals surface area contributed by atoms with Crippen molar-refractivity contribution >= 4 is 37.9 Å². The first-order chi connectivity index (χ1) is 4.74. The van der Waals surface area contributed by atoms with Gasteiger partial charge in [-0.05, 0) is 23.8 Å². The summed E-state index contributed by atoms with van der Waals surface area (Å²) in [5, 5.41) is 0. The molecular weight excluding hydrogens is 256 g/mol. The Bertz CT molecular complexity index is 253. The summed E-state index contributed by atoms with van der Waals surface area (Å²) in [6.45, 7) is 3.68. The van der Waals surface area contributed by atoms with Gasteiger partial charge in [-0.15, -0.1) is 0 Å². The quantitative estimate of drug-likeness (QED) is 0.720. The van der Waals surface area contributed by atoms with E-state index in [0.29, 0.717) is 0 Å². The van der Waals surface area contributed by atoms with Crippen LogP contribution in [-0.4, -0.2) is 0 Å². The van der Waals surface area contributed by atoms with E-state index in [1.54, 1.807) is 0 Å². The molecule has 52 valence electrons. The molecule has 0 heterocycles. The van der Waals surface area contributed by atoms with Crippen molar-refractivity contribution in [2.24, 2.45) is 0 Å². The van der Waals surface area contributed by atoms with Gasteiger partial charge in [0.05, 0.1) is 0 Å². The summed E-state index contributed by atoms with van der Waals surface area (Å²) in [6, 6.07) is 5.98. The van der Waals surface area contributed by atoms with Gasteiger partial charge in [0.2, 0.25) is 0 Å². The molecule has 0 spiro atoms. The van der Waals surface area contributed by atoms with Crippen molar-refractivity contribution in [3.63, 3.8) is 0 Å². The van der Waals surface area contributed by atoms with E-state index in [9.17, 15) is 0 Å². The van der Waals surface area contributed by atoms with E-state index in [1.165, 1.54) is 0 Å². The second-order valence-electron chi connectivity index (χ2n) is 1.87. The molecular formula is C8H6Br2. The van der Waals surface area contributed by atoms with Crippen molar-refractivity contribution in [1.29, 1.82) is 0 Å². The lowest BCUT2D eigenvalue weighted by molar-refractivity contribution is 1.56. The molecule has 0 aliphatic carbocycles. The van der Waals surface area contributed by atoms with Gasteiger partial charge in [0.25, 0.3) is 0 Å². The molecule has 2 heteroatoms. The molecule has 1 rings (SSSR count). The maximum atomic E-state index is 3.68. The van der Waals surface area contributed by atoms with Gasteiger partial charge in [-0.3, -0.25) is 0 Å². The first-order valence-electron chi connectivity index (χ1n) is 2.81. The predicted molar refractivity (Wildman–Crippen MR) is 51.9 cm³/mol. The highest BCUT2D eigenvalue weighted by Crippen LogP contribution is 2.21. The van der Waals surface area contributed by atoms with Crippen LogP contribution in [0.3, 0.4) is 0 Å². The van der Waals surface area contributed by atoms with Crippen LogP contribution in [0.15, 0.2) is 33.7 Å². The molecule has 0 N–H and O–H groups in total. The number of rotatable bonds is 1. The number of benzene rings is 1. The number of halogens is 2. The van der Waals surface area contributed by atoms with Crippen molar-refractivity contribution < 1.29 is 0 Å². The Balaban J connectivity index is 3.21. The second-order valence-corrected chi connectivity index (χ2v) is 3.64. The lowest BCUT2D eigenvalue weighted by Crippen LogP contribution is -1.73. The molecule has 0 amide bonds. The van der Waals surface area contributed by atoms with Crippen molar-refractivity contribution in [2.45, 2.75) is 0 Å². The van der Waals surface area contributed by atoms with Gasteiger partial charge < -0.3 is 0 Å². The second kappa shape index (κ2) is 3.35. The average molecular weight is 262 g/mol. The lowest BCUT2D eigenvalue weighted by Gasteiger charge is -1.96. The summed E-state index contributed by atoms with van der Waals surface area (Å²) in [7, 11) is 0. The fourth-order valence-corrected chi connectivity index (χ4v) is 1.46. The van der Waals surface area contributed by atoms with E-state index in [1.807, 2.05) is 24.3 Å². The smallest absolute Gasteiger partial charge is 0.0248 e. The average Bonchev–Trinajstić information content (AvgIpc) is 1.94. The van der Waals surface area contributed by atoms with Crippen LogP contribution in [0.1, 0.15) is 5.56 Å². The van der Waals surface area contributed by atoms with Crippen LogP contribution in [0, 0.1) is 0 Å². The first kappa shape index (κ1) is 8.02. The van der Waals surface area contributed by atoms with E-state index in [0.717, 1.165) is 14.5 Å². The SMILES string of the molecule is C=Cc1cc(Br)ccc1Br. The lowest BCUT2D eigenvalue weighted by atomic mass is 10.2. The van der Waals surface area contributed by atoms with E-state index >= 15 is 0 Å². The van der Waals surface area contributed by atoms with Gasteiger partial charge in [0.15, 0.2) is 0 Å². The largest absolute Gasteiger partial charge is 0.0984 e. The van der Waals surface area contributed by atoms with Crippen molar-refractivity contribution in [2.75, 3.05) is 0 Å². The third kappa shape index (κ3) is 1.70. The molecule has 0 fully saturated rings. The van der Waals surface area contributed by atoms with Gasteiger partial charge in [0.1, 0.15) is 0 Å². The standard InChI is InChI=1S/C8H6Br2/c1-2-6-5-7(9)3-4-8(6)10/h2-5H,1H2. The van der Waals surface area contributed by atoms with E-state index in [-0.39, 0.29) is 0 Å². The molecule has 0 saturated carbocycles. The zero-order valence-electron chi connectivity index (χ0n) is 5.27. The van der Waals surface area contributed by atoms with Crippen LogP contribution in [0.4, 0.5) is 0 Å². The highest BCUT2D eigenvalue weighted by atomic mass is 79.9. The molecule has 0 radical (unpaired) electrons. The third-order valence-electron chi connectivity index (χ3n) is 1.18. The first-order valence-corrected chi connectivity index (χ1v) is 4.40. The minimum absolute atomic E-state index is 1.07. The Kier molecular flexibility index (Phi) is 2.69. The van der Waals surface area contributed by atoms with Crippen LogP contribution in [0.2, 0.25) is 0 Å². The van der Waals surface area contributed by atoms with E-state index in [4.69, 9.17) is 0 Å². The molecule has 1 aromatic carbocycles. The Morgan fingerprint density at radius 1 is 1.30 bits per heavy atom. The fraction of sp³-hybridized carbons (Fsp3) is 0. The highest BCUT2D eigenvalue weighted by molar-refractivity contribution is 9.11. The number of hydrogen-bond acceptors (Lipinski definition) is 0. The summed E-state index contributed by atoms with van der Waals surface area (Å²) in [5.74, 6) is 0. The molecule has 0 nitrogen and oxygen atoms in total. The highest BCUT2D eigenvalue weighted by Gasteiger charge is 1.94. The zero-order valence-corrected chi connectivity index (χ0v) is 8.44. The summed E-state index contributed by atoms with van der Waals surface area (Å²) >= 11 is 6.77.